The highest BCUT2D eigenvalue weighted by molar-refractivity contribution is 9.10. The number of hydrogen-bond acceptors (Lipinski definition) is 4. The Balaban J connectivity index is 2.18. The highest BCUT2D eigenvalue weighted by Crippen LogP contribution is 2.36. The quantitative estimate of drug-likeness (QED) is 0.323. The Labute approximate surface area is 146 Å². The molecular formula is C17H12BrClO4. The molecular weight excluding hydrogens is 384 g/mol. The van der Waals surface area contributed by atoms with Crippen LogP contribution in [-0.2, 0) is 4.79 Å². The molecule has 0 fully saturated rings. The molecule has 0 aliphatic rings. The van der Waals surface area contributed by atoms with E-state index >= 15 is 0 Å². The third-order valence-corrected chi connectivity index (χ3v) is 3.68. The van der Waals surface area contributed by atoms with Gasteiger partial charge >= 0.3 is 5.97 Å². The van der Waals surface area contributed by atoms with Gasteiger partial charge in [0.05, 0.1) is 11.6 Å². The monoisotopic (exact) mass is 394 g/mol. The van der Waals surface area contributed by atoms with Crippen LogP contribution in [0, 0.1) is 0 Å². The second-order valence-electron chi connectivity index (χ2n) is 4.46. The molecule has 2 aromatic rings. The second kappa shape index (κ2) is 7.94. The molecule has 0 saturated carbocycles. The van der Waals surface area contributed by atoms with Crippen LogP contribution in [-0.4, -0.2) is 19.4 Å². The van der Waals surface area contributed by atoms with Crippen LogP contribution in [0.25, 0.3) is 6.08 Å². The number of carbonyl (C=O) groups is 2. The summed E-state index contributed by atoms with van der Waals surface area (Å²) in [6, 6.07) is 10.1. The maximum atomic E-state index is 12.0. The minimum atomic E-state index is -0.581. The third kappa shape index (κ3) is 4.68. The van der Waals surface area contributed by atoms with E-state index in [1.54, 1.807) is 30.3 Å². The average molecular weight is 396 g/mol. The molecule has 0 amide bonds. The van der Waals surface area contributed by atoms with Crippen LogP contribution in [0.5, 0.6) is 11.5 Å². The largest absolute Gasteiger partial charge is 0.493 e. The summed E-state index contributed by atoms with van der Waals surface area (Å²) in [6.07, 6.45) is 3.55. The van der Waals surface area contributed by atoms with Crippen LogP contribution in [0.1, 0.15) is 15.9 Å². The molecule has 6 heteroatoms. The summed E-state index contributed by atoms with van der Waals surface area (Å²) in [5.74, 6) is -0.0901. The van der Waals surface area contributed by atoms with Crippen LogP contribution >= 0.6 is 27.5 Å². The van der Waals surface area contributed by atoms with Crippen molar-refractivity contribution >= 4 is 45.9 Å². The van der Waals surface area contributed by atoms with E-state index in [-0.39, 0.29) is 11.5 Å². The van der Waals surface area contributed by atoms with Gasteiger partial charge in [-0.2, -0.15) is 0 Å². The van der Waals surface area contributed by atoms with Gasteiger partial charge < -0.3 is 9.47 Å². The minimum absolute atomic E-state index is 0.207. The van der Waals surface area contributed by atoms with E-state index < -0.39 is 5.97 Å². The molecule has 0 aliphatic heterocycles. The SMILES string of the molecule is COc1cc(C=O)cc(Br)c1OC(=O)/C=C/c1cccc(Cl)c1. The maximum absolute atomic E-state index is 12.0. The van der Waals surface area contributed by atoms with Gasteiger partial charge in [-0.15, -0.1) is 0 Å². The summed E-state index contributed by atoms with van der Waals surface area (Å²) >= 11 is 9.13. The number of benzene rings is 2. The lowest BCUT2D eigenvalue weighted by atomic mass is 10.2. The van der Waals surface area contributed by atoms with Gasteiger partial charge in [-0.3, -0.25) is 4.79 Å². The maximum Gasteiger partial charge on any atom is 0.336 e. The van der Waals surface area contributed by atoms with Crippen molar-refractivity contribution in [1.82, 2.24) is 0 Å². The Hall–Kier alpha value is -2.11. The molecule has 0 N–H and O–H groups in total. The Morgan fingerprint density at radius 2 is 2.00 bits per heavy atom. The standard InChI is InChI=1S/C17H12BrClO4/c1-22-15-9-12(10-20)8-14(18)17(15)23-16(21)6-5-11-3-2-4-13(19)7-11/h2-10H,1H3/b6-5+. The summed E-state index contributed by atoms with van der Waals surface area (Å²) in [4.78, 5) is 22.8. The van der Waals surface area contributed by atoms with Crippen molar-refractivity contribution in [1.29, 1.82) is 0 Å². The summed E-state index contributed by atoms with van der Waals surface area (Å²) in [5.41, 5.74) is 1.18. The minimum Gasteiger partial charge on any atom is -0.493 e. The lowest BCUT2D eigenvalue weighted by molar-refractivity contribution is -0.129. The van der Waals surface area contributed by atoms with Crippen molar-refractivity contribution in [3.63, 3.8) is 0 Å². The first-order valence-corrected chi connectivity index (χ1v) is 7.68. The van der Waals surface area contributed by atoms with E-state index in [9.17, 15) is 9.59 Å². The van der Waals surface area contributed by atoms with Crippen molar-refractivity contribution in [2.75, 3.05) is 7.11 Å². The number of carbonyl (C=O) groups excluding carboxylic acids is 2. The van der Waals surface area contributed by atoms with Gasteiger partial charge in [0, 0.05) is 16.7 Å². The number of rotatable bonds is 5. The lowest BCUT2D eigenvalue weighted by Gasteiger charge is -2.10. The first kappa shape index (κ1) is 17.2. The Kier molecular flexibility index (Phi) is 5.96. The third-order valence-electron chi connectivity index (χ3n) is 2.85. The highest BCUT2D eigenvalue weighted by atomic mass is 79.9. The second-order valence-corrected chi connectivity index (χ2v) is 5.75. The number of aldehydes is 1. The Morgan fingerprint density at radius 3 is 2.65 bits per heavy atom. The van der Waals surface area contributed by atoms with Gasteiger partial charge in [0.1, 0.15) is 6.29 Å². The number of methoxy groups -OCH3 is 1. The zero-order valence-corrected chi connectivity index (χ0v) is 14.4. The van der Waals surface area contributed by atoms with Crippen molar-refractivity contribution in [3.8, 4) is 11.5 Å². The molecule has 0 aliphatic carbocycles. The molecule has 0 aromatic heterocycles. The fourth-order valence-corrected chi connectivity index (χ4v) is 2.56. The van der Waals surface area contributed by atoms with Gasteiger partial charge in [0.25, 0.3) is 0 Å². The molecule has 4 nitrogen and oxygen atoms in total. The van der Waals surface area contributed by atoms with E-state index in [0.29, 0.717) is 21.3 Å². The molecule has 0 atom stereocenters. The molecule has 0 bridgehead atoms. The van der Waals surface area contributed by atoms with Gasteiger partial charge in [0.2, 0.25) is 0 Å². The predicted octanol–water partition coefficient (Wildman–Crippen LogP) is 4.54. The van der Waals surface area contributed by atoms with Gasteiger partial charge in [-0.05, 0) is 51.8 Å². The number of halogens is 2. The van der Waals surface area contributed by atoms with E-state index in [4.69, 9.17) is 21.1 Å². The van der Waals surface area contributed by atoms with E-state index in [0.717, 1.165) is 5.56 Å². The first-order valence-electron chi connectivity index (χ1n) is 6.51. The fourth-order valence-electron chi connectivity index (χ4n) is 1.82. The van der Waals surface area contributed by atoms with Gasteiger partial charge in [-0.25, -0.2) is 4.79 Å². The zero-order valence-electron chi connectivity index (χ0n) is 12.1. The molecule has 23 heavy (non-hydrogen) atoms. The molecule has 0 heterocycles. The zero-order chi connectivity index (χ0) is 16.8. The fraction of sp³-hybridized carbons (Fsp3) is 0.0588. The van der Waals surface area contributed by atoms with E-state index in [2.05, 4.69) is 15.9 Å². The Bertz CT molecular complexity index is 771. The topological polar surface area (TPSA) is 52.6 Å². The molecule has 0 unspecified atom stereocenters. The molecule has 0 radical (unpaired) electrons. The van der Waals surface area contributed by atoms with Crippen LogP contribution < -0.4 is 9.47 Å². The van der Waals surface area contributed by atoms with Crippen molar-refractivity contribution in [2.24, 2.45) is 0 Å². The molecule has 2 aromatic carbocycles. The lowest BCUT2D eigenvalue weighted by Crippen LogP contribution is -2.06. The normalized spacial score (nSPS) is 10.6. The summed E-state index contributed by atoms with van der Waals surface area (Å²) < 4.78 is 10.9. The summed E-state index contributed by atoms with van der Waals surface area (Å²) in [6.45, 7) is 0. The van der Waals surface area contributed by atoms with E-state index in [1.807, 2.05) is 6.07 Å². The van der Waals surface area contributed by atoms with Gasteiger partial charge in [0.15, 0.2) is 11.5 Å². The number of esters is 1. The number of hydrogen-bond donors (Lipinski definition) is 0. The number of ether oxygens (including phenoxy) is 2. The van der Waals surface area contributed by atoms with Crippen LogP contribution in [0.2, 0.25) is 5.02 Å². The molecule has 2 rings (SSSR count). The van der Waals surface area contributed by atoms with Crippen LogP contribution in [0.3, 0.4) is 0 Å². The van der Waals surface area contributed by atoms with Crippen molar-refractivity contribution in [3.05, 3.63) is 63.1 Å². The van der Waals surface area contributed by atoms with Gasteiger partial charge in [-0.1, -0.05) is 23.7 Å². The Morgan fingerprint density at radius 1 is 1.22 bits per heavy atom. The molecule has 0 spiro atoms. The molecule has 0 saturated heterocycles. The van der Waals surface area contributed by atoms with E-state index in [1.165, 1.54) is 19.3 Å². The summed E-state index contributed by atoms with van der Waals surface area (Å²) in [5, 5.41) is 0.578. The highest BCUT2D eigenvalue weighted by Gasteiger charge is 2.14. The predicted molar refractivity (Wildman–Crippen MR) is 92.2 cm³/mol. The smallest absolute Gasteiger partial charge is 0.336 e. The van der Waals surface area contributed by atoms with Crippen molar-refractivity contribution < 1.29 is 19.1 Å². The van der Waals surface area contributed by atoms with Crippen LogP contribution in [0.15, 0.2) is 46.9 Å². The van der Waals surface area contributed by atoms with Crippen molar-refractivity contribution in [2.45, 2.75) is 0 Å². The average Bonchev–Trinajstić information content (AvgIpc) is 2.54. The van der Waals surface area contributed by atoms with Crippen LogP contribution in [0.4, 0.5) is 0 Å². The first-order chi connectivity index (χ1) is 11.0. The molecule has 118 valence electrons. The summed E-state index contributed by atoms with van der Waals surface area (Å²) in [7, 11) is 1.43.